The summed E-state index contributed by atoms with van der Waals surface area (Å²) in [7, 11) is 0. The van der Waals surface area contributed by atoms with E-state index in [9.17, 15) is 0 Å². The van der Waals surface area contributed by atoms with Gasteiger partial charge < -0.3 is 0 Å². The quantitative estimate of drug-likeness (QED) is 0.200. The maximum Gasteiger partial charge on any atom is -0.00143 e. The lowest BCUT2D eigenvalue weighted by Gasteiger charge is -2.23. The van der Waals surface area contributed by atoms with Crippen molar-refractivity contribution in [1.82, 2.24) is 0 Å². The van der Waals surface area contributed by atoms with Gasteiger partial charge >= 0.3 is 0 Å². The Morgan fingerprint density at radius 1 is 0.561 bits per heavy atom. The molecule has 0 saturated heterocycles. The first-order chi connectivity index (χ1) is 19.8. The standard InChI is InChI=1S/C41H34/c1-26-11-9-10-14-34(26)27(2)28-15-17-30(18-16-28)38-25-37(29-12-7-6-8-13-29)35-21-19-31-23-33(41(3,4)5)24-32-20-22-36(38)40(35)39(31)32/h6-25H,2H2,1,3-5H3. The first kappa shape index (κ1) is 25.3. The highest BCUT2D eigenvalue weighted by atomic mass is 14.2. The Bertz CT molecular complexity index is 2050. The minimum atomic E-state index is 0.0921. The molecule has 0 radical (unpaired) electrons. The third-order valence-electron chi connectivity index (χ3n) is 8.68. The van der Waals surface area contributed by atoms with Crippen molar-refractivity contribution in [1.29, 1.82) is 0 Å². The fourth-order valence-electron chi connectivity index (χ4n) is 6.36. The van der Waals surface area contributed by atoms with E-state index < -0.39 is 0 Å². The van der Waals surface area contributed by atoms with E-state index in [1.54, 1.807) is 0 Å². The van der Waals surface area contributed by atoms with Gasteiger partial charge in [-0.25, -0.2) is 0 Å². The van der Waals surface area contributed by atoms with E-state index >= 15 is 0 Å². The molecular weight excluding hydrogens is 492 g/mol. The summed E-state index contributed by atoms with van der Waals surface area (Å²) in [6, 6.07) is 44.7. The molecule has 7 aromatic rings. The van der Waals surface area contributed by atoms with Crippen LogP contribution < -0.4 is 0 Å². The Hall–Kier alpha value is -4.68. The van der Waals surface area contributed by atoms with E-state index in [0.29, 0.717) is 0 Å². The summed E-state index contributed by atoms with van der Waals surface area (Å²) in [5, 5.41) is 7.94. The zero-order chi connectivity index (χ0) is 28.3. The zero-order valence-electron chi connectivity index (χ0n) is 24.3. The minimum Gasteiger partial charge on any atom is -0.0905 e. The van der Waals surface area contributed by atoms with Gasteiger partial charge in [-0.2, -0.15) is 0 Å². The van der Waals surface area contributed by atoms with E-state index in [0.717, 1.165) is 11.1 Å². The van der Waals surface area contributed by atoms with Gasteiger partial charge in [0.25, 0.3) is 0 Å². The van der Waals surface area contributed by atoms with Crippen LogP contribution in [-0.2, 0) is 5.41 Å². The summed E-state index contributed by atoms with van der Waals surface area (Å²) in [6.07, 6.45) is 0. The van der Waals surface area contributed by atoms with Gasteiger partial charge in [-0.1, -0.05) is 143 Å². The van der Waals surface area contributed by atoms with Crippen LogP contribution in [0.1, 0.15) is 43.0 Å². The first-order valence-electron chi connectivity index (χ1n) is 14.5. The second-order valence-corrected chi connectivity index (χ2v) is 12.4. The summed E-state index contributed by atoms with van der Waals surface area (Å²) in [5.74, 6) is 0. The van der Waals surface area contributed by atoms with E-state index in [1.165, 1.54) is 71.3 Å². The Morgan fingerprint density at radius 3 is 1.71 bits per heavy atom. The summed E-state index contributed by atoms with van der Waals surface area (Å²) >= 11 is 0. The number of hydrogen-bond donors (Lipinski definition) is 0. The van der Waals surface area contributed by atoms with Crippen LogP contribution in [0.15, 0.2) is 128 Å². The molecule has 0 aliphatic carbocycles. The van der Waals surface area contributed by atoms with Crippen LogP contribution in [-0.4, -0.2) is 0 Å². The van der Waals surface area contributed by atoms with Gasteiger partial charge in [0.2, 0.25) is 0 Å². The lowest BCUT2D eigenvalue weighted by Crippen LogP contribution is -2.10. The van der Waals surface area contributed by atoms with Crippen LogP contribution in [0, 0.1) is 6.92 Å². The van der Waals surface area contributed by atoms with Gasteiger partial charge in [-0.3, -0.25) is 0 Å². The molecule has 7 aromatic carbocycles. The molecule has 0 fully saturated rings. The molecule has 41 heavy (non-hydrogen) atoms. The summed E-state index contributed by atoms with van der Waals surface area (Å²) in [5.41, 5.74) is 11.1. The number of rotatable bonds is 4. The normalized spacial score (nSPS) is 12.0. The predicted octanol–water partition coefficient (Wildman–Crippen LogP) is 11.6. The summed E-state index contributed by atoms with van der Waals surface area (Å²) in [4.78, 5) is 0. The molecule has 198 valence electrons. The summed E-state index contributed by atoms with van der Waals surface area (Å²) in [6.45, 7) is 13.5. The first-order valence-corrected chi connectivity index (χ1v) is 14.5. The third kappa shape index (κ3) is 4.23. The van der Waals surface area contributed by atoms with Crippen molar-refractivity contribution in [3.05, 3.63) is 150 Å². The van der Waals surface area contributed by atoms with E-state index in [-0.39, 0.29) is 5.41 Å². The van der Waals surface area contributed by atoms with Crippen molar-refractivity contribution in [3.63, 3.8) is 0 Å². The van der Waals surface area contributed by atoms with E-state index in [2.05, 4.69) is 156 Å². The number of hydrogen-bond acceptors (Lipinski definition) is 0. The predicted molar refractivity (Wildman–Crippen MR) is 179 cm³/mol. The van der Waals surface area contributed by atoms with Crippen LogP contribution in [0.3, 0.4) is 0 Å². The molecule has 0 atom stereocenters. The average molecular weight is 527 g/mol. The molecule has 0 aliphatic heterocycles. The molecule has 0 aliphatic rings. The summed E-state index contributed by atoms with van der Waals surface area (Å²) < 4.78 is 0. The second-order valence-electron chi connectivity index (χ2n) is 12.4. The van der Waals surface area contributed by atoms with Gasteiger partial charge in [0, 0.05) is 0 Å². The van der Waals surface area contributed by atoms with Crippen molar-refractivity contribution >= 4 is 37.9 Å². The molecule has 0 unspecified atom stereocenters. The zero-order valence-corrected chi connectivity index (χ0v) is 24.3. The average Bonchev–Trinajstić information content (AvgIpc) is 2.99. The van der Waals surface area contributed by atoms with Crippen molar-refractivity contribution < 1.29 is 0 Å². The van der Waals surface area contributed by atoms with Crippen LogP contribution in [0.25, 0.3) is 60.1 Å². The fraction of sp³-hybridized carbons (Fsp3) is 0.122. The molecule has 0 spiro atoms. The molecule has 0 heterocycles. The van der Waals surface area contributed by atoms with Crippen molar-refractivity contribution in [2.75, 3.05) is 0 Å². The highest BCUT2D eigenvalue weighted by molar-refractivity contribution is 6.28. The lowest BCUT2D eigenvalue weighted by molar-refractivity contribution is 0.591. The van der Waals surface area contributed by atoms with Crippen molar-refractivity contribution in [2.45, 2.75) is 33.1 Å². The molecule has 0 bridgehead atoms. The van der Waals surface area contributed by atoms with Crippen LogP contribution in [0.5, 0.6) is 0 Å². The SMILES string of the molecule is C=C(c1ccc(-c2cc(-c3ccccc3)c3ccc4cc(C(C)(C)C)cc5ccc2c3c45)cc1)c1ccccc1C. The Balaban J connectivity index is 1.47. The van der Waals surface area contributed by atoms with Gasteiger partial charge in [-0.05, 0) is 101 Å². The molecule has 0 saturated carbocycles. The van der Waals surface area contributed by atoms with E-state index in [1.807, 2.05) is 0 Å². The fourth-order valence-corrected chi connectivity index (χ4v) is 6.36. The van der Waals surface area contributed by atoms with E-state index in [4.69, 9.17) is 0 Å². The van der Waals surface area contributed by atoms with Crippen LogP contribution in [0.2, 0.25) is 0 Å². The Labute approximate surface area is 242 Å². The van der Waals surface area contributed by atoms with Crippen molar-refractivity contribution in [2.24, 2.45) is 0 Å². The number of aryl methyl sites for hydroxylation is 1. The minimum absolute atomic E-state index is 0.0921. The molecule has 7 rings (SSSR count). The van der Waals surface area contributed by atoms with Gasteiger partial charge in [-0.15, -0.1) is 0 Å². The molecule has 0 N–H and O–H groups in total. The Kier molecular flexibility index (Phi) is 5.84. The second kappa shape index (κ2) is 9.46. The monoisotopic (exact) mass is 526 g/mol. The Morgan fingerprint density at radius 2 is 1.12 bits per heavy atom. The van der Waals surface area contributed by atoms with Crippen molar-refractivity contribution in [3.8, 4) is 22.3 Å². The molecule has 0 heteroatoms. The highest BCUT2D eigenvalue weighted by Gasteiger charge is 2.20. The molecule has 0 aromatic heterocycles. The topological polar surface area (TPSA) is 0 Å². The lowest BCUT2D eigenvalue weighted by atomic mass is 9.81. The molecule has 0 amide bonds. The molecule has 0 nitrogen and oxygen atoms in total. The smallest absolute Gasteiger partial charge is 0.00143 e. The highest BCUT2D eigenvalue weighted by Crippen LogP contribution is 2.45. The van der Waals surface area contributed by atoms with Gasteiger partial charge in [0.05, 0.1) is 0 Å². The largest absolute Gasteiger partial charge is 0.0905 e. The molecular formula is C41H34. The maximum absolute atomic E-state index is 4.44. The van der Waals surface area contributed by atoms with Crippen LogP contribution in [0.4, 0.5) is 0 Å². The van der Waals surface area contributed by atoms with Gasteiger partial charge in [0.15, 0.2) is 0 Å². The van der Waals surface area contributed by atoms with Crippen LogP contribution >= 0.6 is 0 Å². The third-order valence-corrected chi connectivity index (χ3v) is 8.68. The maximum atomic E-state index is 4.44. The van der Waals surface area contributed by atoms with Gasteiger partial charge in [0.1, 0.15) is 0 Å². The number of benzene rings is 7.